The fourth-order valence-electron chi connectivity index (χ4n) is 3.69. The zero-order valence-electron chi connectivity index (χ0n) is 16.2. The van der Waals surface area contributed by atoms with Crippen LogP contribution in [0.2, 0.25) is 0 Å². The Hall–Kier alpha value is -3.49. The number of amides is 1. The third-order valence-corrected chi connectivity index (χ3v) is 5.41. The van der Waals surface area contributed by atoms with Crippen molar-refractivity contribution in [2.24, 2.45) is 7.05 Å². The summed E-state index contributed by atoms with van der Waals surface area (Å²) in [6.45, 7) is 2.30. The minimum absolute atomic E-state index is 0.123. The number of rotatable bonds is 4. The average Bonchev–Trinajstić information content (AvgIpc) is 3.41. The highest BCUT2D eigenvalue weighted by Crippen LogP contribution is 2.27. The molecule has 0 radical (unpaired) electrons. The van der Waals surface area contributed by atoms with E-state index < -0.39 is 11.9 Å². The van der Waals surface area contributed by atoms with Crippen molar-refractivity contribution in [2.45, 2.75) is 25.8 Å². The Kier molecular flexibility index (Phi) is 4.65. The summed E-state index contributed by atoms with van der Waals surface area (Å²) in [4.78, 5) is 27.8. The quantitative estimate of drug-likeness (QED) is 0.681. The Bertz CT molecular complexity index is 1100. The van der Waals surface area contributed by atoms with Gasteiger partial charge in [0, 0.05) is 19.3 Å². The number of aryl methyl sites for hydroxylation is 1. The maximum atomic E-state index is 13.5. The van der Waals surface area contributed by atoms with Crippen LogP contribution < -0.4 is 5.73 Å². The number of ketones is 1. The van der Waals surface area contributed by atoms with Crippen LogP contribution in [0.25, 0.3) is 5.69 Å². The molecule has 3 aromatic rings. The molecule has 3 heterocycles. The number of aromatic nitrogens is 4. The number of carbonyl (C=O) groups excluding carboxylic acids is 2. The van der Waals surface area contributed by atoms with Crippen molar-refractivity contribution in [2.75, 3.05) is 12.3 Å². The smallest absolute Gasteiger partial charge is 0.257 e. The van der Waals surface area contributed by atoms with Gasteiger partial charge in [-0.15, -0.1) is 0 Å². The molecule has 1 aliphatic rings. The summed E-state index contributed by atoms with van der Waals surface area (Å²) in [5.74, 6) is -0.790. The molecule has 0 unspecified atom stereocenters. The lowest BCUT2D eigenvalue weighted by atomic mass is 10.0. The maximum absolute atomic E-state index is 13.5. The van der Waals surface area contributed by atoms with Gasteiger partial charge in [0.05, 0.1) is 35.2 Å². The molecule has 1 saturated heterocycles. The van der Waals surface area contributed by atoms with E-state index in [0.717, 1.165) is 12.1 Å². The van der Waals surface area contributed by atoms with Crippen molar-refractivity contribution in [1.29, 1.82) is 0 Å². The predicted molar refractivity (Wildman–Crippen MR) is 104 cm³/mol. The van der Waals surface area contributed by atoms with Crippen molar-refractivity contribution in [3.05, 3.63) is 59.3 Å². The number of nitrogen functional groups attached to an aromatic ring is 1. The maximum Gasteiger partial charge on any atom is 0.257 e. The fraction of sp³-hybridized carbons (Fsp3) is 0.300. The predicted octanol–water partition coefficient (Wildman–Crippen LogP) is 2.12. The Morgan fingerprint density at radius 3 is 2.66 bits per heavy atom. The average molecular weight is 396 g/mol. The lowest BCUT2D eigenvalue weighted by molar-refractivity contribution is 0.0671. The Morgan fingerprint density at radius 1 is 1.21 bits per heavy atom. The number of hydrogen-bond acceptors (Lipinski definition) is 5. The third kappa shape index (κ3) is 3.18. The molecule has 1 aromatic carbocycles. The molecular weight excluding hydrogens is 375 g/mol. The van der Waals surface area contributed by atoms with Gasteiger partial charge in [-0.05, 0) is 38.0 Å². The summed E-state index contributed by atoms with van der Waals surface area (Å²) in [7, 11) is 1.76. The van der Waals surface area contributed by atoms with Gasteiger partial charge >= 0.3 is 0 Å². The number of Topliss-reactive ketones (excluding diaryl/α,β-unsaturated/α-hetero) is 1. The summed E-state index contributed by atoms with van der Waals surface area (Å²) in [6.07, 6.45) is 4.17. The van der Waals surface area contributed by atoms with Crippen molar-refractivity contribution in [3.8, 4) is 5.69 Å². The monoisotopic (exact) mass is 396 g/mol. The lowest BCUT2D eigenvalue weighted by Crippen LogP contribution is -2.40. The number of likely N-dealkylation sites (tertiary alicyclic amines) is 1. The molecule has 8 nitrogen and oxygen atoms in total. The standard InChI is InChI=1S/C20H21FN6O2/c1-12-15(10-23-25(12)2)20(29)26-8-4-7-17(26)18(28)16-11-24-27(19(16)22)14-6-3-5-13(21)9-14/h3,5-6,9-11,17H,4,7-8,22H2,1-2H3/t17-/m0/s1. The first-order chi connectivity index (χ1) is 13.9. The number of anilines is 1. The van der Waals surface area contributed by atoms with E-state index in [0.29, 0.717) is 24.2 Å². The Balaban J connectivity index is 1.62. The van der Waals surface area contributed by atoms with Gasteiger partial charge in [-0.3, -0.25) is 14.3 Å². The van der Waals surface area contributed by atoms with E-state index in [1.807, 2.05) is 6.92 Å². The van der Waals surface area contributed by atoms with Crippen LogP contribution in [0.15, 0.2) is 36.7 Å². The van der Waals surface area contributed by atoms with Gasteiger partial charge in [-0.2, -0.15) is 10.2 Å². The number of nitrogens with two attached hydrogens (primary N) is 1. The van der Waals surface area contributed by atoms with E-state index in [9.17, 15) is 14.0 Å². The highest BCUT2D eigenvalue weighted by Gasteiger charge is 2.37. The molecule has 2 N–H and O–H groups in total. The second-order valence-electron chi connectivity index (χ2n) is 7.12. The van der Waals surface area contributed by atoms with E-state index in [-0.39, 0.29) is 23.1 Å². The van der Waals surface area contributed by atoms with E-state index >= 15 is 0 Å². The molecule has 150 valence electrons. The fourth-order valence-corrected chi connectivity index (χ4v) is 3.69. The van der Waals surface area contributed by atoms with Crippen LogP contribution in [0.3, 0.4) is 0 Å². The van der Waals surface area contributed by atoms with E-state index in [2.05, 4.69) is 10.2 Å². The van der Waals surface area contributed by atoms with Gasteiger partial charge in [0.25, 0.3) is 5.91 Å². The lowest BCUT2D eigenvalue weighted by Gasteiger charge is -2.23. The summed E-state index contributed by atoms with van der Waals surface area (Å²) in [6, 6.07) is 5.18. The van der Waals surface area contributed by atoms with Crippen molar-refractivity contribution < 1.29 is 14.0 Å². The van der Waals surface area contributed by atoms with Crippen molar-refractivity contribution in [3.63, 3.8) is 0 Å². The highest BCUT2D eigenvalue weighted by molar-refractivity contribution is 6.07. The second kappa shape index (κ2) is 7.16. The molecule has 2 aromatic heterocycles. The summed E-state index contributed by atoms with van der Waals surface area (Å²) in [5, 5.41) is 8.27. The Labute approximate surface area is 166 Å². The molecule has 1 atom stereocenters. The summed E-state index contributed by atoms with van der Waals surface area (Å²) < 4.78 is 16.5. The number of benzene rings is 1. The van der Waals surface area contributed by atoms with Crippen LogP contribution in [-0.4, -0.2) is 48.7 Å². The molecule has 1 aliphatic heterocycles. The van der Waals surface area contributed by atoms with Gasteiger partial charge in [0.2, 0.25) is 0 Å². The first-order valence-corrected chi connectivity index (χ1v) is 9.31. The first kappa shape index (κ1) is 18.9. The molecule has 1 fully saturated rings. The first-order valence-electron chi connectivity index (χ1n) is 9.31. The van der Waals surface area contributed by atoms with Crippen LogP contribution in [0.5, 0.6) is 0 Å². The summed E-state index contributed by atoms with van der Waals surface area (Å²) in [5.41, 5.74) is 8.03. The topological polar surface area (TPSA) is 99.0 Å². The molecule has 9 heteroatoms. The molecule has 0 bridgehead atoms. The van der Waals surface area contributed by atoms with Gasteiger partial charge in [-0.25, -0.2) is 9.07 Å². The number of nitrogens with zero attached hydrogens (tertiary/aromatic N) is 5. The van der Waals surface area contributed by atoms with Crippen molar-refractivity contribution >= 4 is 17.5 Å². The SMILES string of the molecule is Cc1c(C(=O)N2CCC[C@H]2C(=O)c2cnn(-c3cccc(F)c3)c2N)cnn1C. The van der Waals surface area contributed by atoms with Crippen LogP contribution in [0.1, 0.15) is 39.3 Å². The highest BCUT2D eigenvalue weighted by atomic mass is 19.1. The van der Waals surface area contributed by atoms with E-state index in [1.165, 1.54) is 29.2 Å². The summed E-state index contributed by atoms with van der Waals surface area (Å²) >= 11 is 0. The van der Waals surface area contributed by atoms with Crippen molar-refractivity contribution in [1.82, 2.24) is 24.5 Å². The van der Waals surface area contributed by atoms with Crippen LogP contribution >= 0.6 is 0 Å². The molecule has 0 aliphatic carbocycles. The van der Waals surface area contributed by atoms with Gasteiger partial charge in [0.15, 0.2) is 5.78 Å². The molecule has 29 heavy (non-hydrogen) atoms. The zero-order chi connectivity index (χ0) is 20.7. The molecule has 0 saturated carbocycles. The Morgan fingerprint density at radius 2 is 1.97 bits per heavy atom. The third-order valence-electron chi connectivity index (χ3n) is 5.41. The zero-order valence-corrected chi connectivity index (χ0v) is 16.2. The van der Waals surface area contributed by atoms with Crippen LogP contribution in [-0.2, 0) is 7.05 Å². The normalized spacial score (nSPS) is 16.4. The molecular formula is C20H21FN6O2. The minimum Gasteiger partial charge on any atom is -0.383 e. The molecule has 4 rings (SSSR count). The molecule has 0 spiro atoms. The van der Waals surface area contributed by atoms with Crippen LogP contribution in [0, 0.1) is 12.7 Å². The van der Waals surface area contributed by atoms with Gasteiger partial charge < -0.3 is 10.6 Å². The van der Waals surface area contributed by atoms with Gasteiger partial charge in [0.1, 0.15) is 11.6 Å². The number of carbonyl (C=O) groups is 2. The largest absolute Gasteiger partial charge is 0.383 e. The van der Waals surface area contributed by atoms with E-state index in [1.54, 1.807) is 28.8 Å². The van der Waals surface area contributed by atoms with E-state index in [4.69, 9.17) is 5.73 Å². The number of halogens is 1. The number of hydrogen-bond donors (Lipinski definition) is 1. The second-order valence-corrected chi connectivity index (χ2v) is 7.12. The van der Waals surface area contributed by atoms with Gasteiger partial charge in [-0.1, -0.05) is 6.07 Å². The minimum atomic E-state index is -0.616. The van der Waals surface area contributed by atoms with Crippen LogP contribution in [0.4, 0.5) is 10.2 Å². The molecule has 1 amide bonds.